The van der Waals surface area contributed by atoms with Crippen LogP contribution in [0.25, 0.3) is 0 Å². The standard InChI is InChI=1S/C19H25NO/c1-6-21-18-9-7-8-17(12-18)20-16(5)19-11-14(3)13(2)10-15(19)4/h7-12,16,20H,6H2,1-5H3. The number of ether oxygens (including phenoxy) is 1. The van der Waals surface area contributed by atoms with Crippen molar-refractivity contribution in [3.8, 4) is 5.75 Å². The Morgan fingerprint density at radius 1 is 1.00 bits per heavy atom. The van der Waals surface area contributed by atoms with Crippen LogP contribution < -0.4 is 10.1 Å². The summed E-state index contributed by atoms with van der Waals surface area (Å²) in [5, 5.41) is 3.56. The van der Waals surface area contributed by atoms with E-state index in [2.05, 4.69) is 57.3 Å². The van der Waals surface area contributed by atoms with Gasteiger partial charge < -0.3 is 10.1 Å². The Kier molecular flexibility index (Phi) is 4.89. The quantitative estimate of drug-likeness (QED) is 0.816. The second-order valence-corrected chi connectivity index (χ2v) is 5.62. The predicted molar refractivity (Wildman–Crippen MR) is 90.3 cm³/mol. The molecule has 0 saturated heterocycles. The van der Waals surface area contributed by atoms with Gasteiger partial charge in [-0.05, 0) is 69.0 Å². The van der Waals surface area contributed by atoms with Gasteiger partial charge in [0.1, 0.15) is 5.75 Å². The highest BCUT2D eigenvalue weighted by atomic mass is 16.5. The molecule has 2 aromatic carbocycles. The van der Waals surface area contributed by atoms with E-state index in [1.165, 1.54) is 22.3 Å². The fourth-order valence-corrected chi connectivity index (χ4v) is 2.62. The third kappa shape index (κ3) is 3.78. The Hall–Kier alpha value is -1.96. The fraction of sp³-hybridized carbons (Fsp3) is 0.368. The maximum atomic E-state index is 5.55. The second kappa shape index (κ2) is 6.66. The molecule has 2 rings (SSSR count). The molecule has 0 aliphatic carbocycles. The van der Waals surface area contributed by atoms with Crippen LogP contribution in [0.1, 0.15) is 42.1 Å². The van der Waals surface area contributed by atoms with Gasteiger partial charge in [0, 0.05) is 17.8 Å². The Morgan fingerprint density at radius 2 is 1.71 bits per heavy atom. The average molecular weight is 283 g/mol. The van der Waals surface area contributed by atoms with Crippen molar-refractivity contribution in [2.45, 2.75) is 40.7 Å². The highest BCUT2D eigenvalue weighted by molar-refractivity contribution is 5.51. The van der Waals surface area contributed by atoms with E-state index in [9.17, 15) is 0 Å². The largest absolute Gasteiger partial charge is 0.494 e. The van der Waals surface area contributed by atoms with Crippen molar-refractivity contribution in [2.24, 2.45) is 0 Å². The summed E-state index contributed by atoms with van der Waals surface area (Å²) in [7, 11) is 0. The molecule has 0 heterocycles. The fourth-order valence-electron chi connectivity index (χ4n) is 2.62. The number of hydrogen-bond acceptors (Lipinski definition) is 2. The number of anilines is 1. The van der Waals surface area contributed by atoms with Gasteiger partial charge >= 0.3 is 0 Å². The van der Waals surface area contributed by atoms with Crippen molar-refractivity contribution < 1.29 is 4.74 Å². The predicted octanol–water partition coefficient (Wildman–Crippen LogP) is 5.18. The summed E-state index contributed by atoms with van der Waals surface area (Å²) in [4.78, 5) is 0. The van der Waals surface area contributed by atoms with Crippen LogP contribution in [0.2, 0.25) is 0 Å². The van der Waals surface area contributed by atoms with E-state index in [4.69, 9.17) is 4.74 Å². The lowest BCUT2D eigenvalue weighted by molar-refractivity contribution is 0.340. The Morgan fingerprint density at radius 3 is 2.43 bits per heavy atom. The number of benzene rings is 2. The van der Waals surface area contributed by atoms with Crippen LogP contribution in [0.3, 0.4) is 0 Å². The minimum Gasteiger partial charge on any atom is -0.494 e. The SMILES string of the molecule is CCOc1cccc(NC(C)c2cc(C)c(C)cc2C)c1. The molecule has 1 atom stereocenters. The van der Waals surface area contributed by atoms with E-state index in [0.29, 0.717) is 6.61 Å². The molecule has 112 valence electrons. The third-order valence-corrected chi connectivity index (χ3v) is 3.88. The van der Waals surface area contributed by atoms with Gasteiger partial charge in [0.25, 0.3) is 0 Å². The van der Waals surface area contributed by atoms with Gasteiger partial charge in [0.2, 0.25) is 0 Å². The van der Waals surface area contributed by atoms with Crippen LogP contribution in [0.15, 0.2) is 36.4 Å². The summed E-state index contributed by atoms with van der Waals surface area (Å²) < 4.78 is 5.55. The van der Waals surface area contributed by atoms with E-state index in [-0.39, 0.29) is 6.04 Å². The van der Waals surface area contributed by atoms with Crippen LogP contribution in [-0.2, 0) is 0 Å². The number of aryl methyl sites for hydroxylation is 3. The molecule has 0 fully saturated rings. The van der Waals surface area contributed by atoms with Gasteiger partial charge in [-0.2, -0.15) is 0 Å². The first kappa shape index (κ1) is 15.4. The first-order chi connectivity index (χ1) is 10.0. The zero-order valence-corrected chi connectivity index (χ0v) is 13.7. The first-order valence-corrected chi connectivity index (χ1v) is 7.58. The first-order valence-electron chi connectivity index (χ1n) is 7.58. The lowest BCUT2D eigenvalue weighted by Crippen LogP contribution is -2.09. The van der Waals surface area contributed by atoms with Gasteiger partial charge in [0.05, 0.1) is 6.61 Å². The molecule has 0 radical (unpaired) electrons. The van der Waals surface area contributed by atoms with Crippen molar-refractivity contribution in [3.63, 3.8) is 0 Å². The van der Waals surface area contributed by atoms with Crippen LogP contribution in [0, 0.1) is 20.8 Å². The van der Waals surface area contributed by atoms with E-state index < -0.39 is 0 Å². The zero-order chi connectivity index (χ0) is 15.4. The van der Waals surface area contributed by atoms with Crippen molar-refractivity contribution in [2.75, 3.05) is 11.9 Å². The van der Waals surface area contributed by atoms with E-state index in [1.54, 1.807) is 0 Å². The van der Waals surface area contributed by atoms with Crippen molar-refractivity contribution in [1.29, 1.82) is 0 Å². The summed E-state index contributed by atoms with van der Waals surface area (Å²) in [5.74, 6) is 0.909. The van der Waals surface area contributed by atoms with Crippen LogP contribution in [0.4, 0.5) is 5.69 Å². The van der Waals surface area contributed by atoms with E-state index in [0.717, 1.165) is 11.4 Å². The average Bonchev–Trinajstić information content (AvgIpc) is 2.43. The molecule has 0 saturated carbocycles. The maximum absolute atomic E-state index is 5.55. The Bertz CT molecular complexity index is 619. The summed E-state index contributed by atoms with van der Waals surface area (Å²) in [6.45, 7) is 11.4. The third-order valence-electron chi connectivity index (χ3n) is 3.88. The highest BCUT2D eigenvalue weighted by Crippen LogP contribution is 2.26. The molecule has 2 nitrogen and oxygen atoms in total. The maximum Gasteiger partial charge on any atom is 0.121 e. The number of hydrogen-bond donors (Lipinski definition) is 1. The molecule has 0 spiro atoms. The highest BCUT2D eigenvalue weighted by Gasteiger charge is 2.10. The molecule has 21 heavy (non-hydrogen) atoms. The normalized spacial score (nSPS) is 12.0. The van der Waals surface area contributed by atoms with Crippen LogP contribution >= 0.6 is 0 Å². The van der Waals surface area contributed by atoms with Crippen molar-refractivity contribution in [3.05, 3.63) is 58.7 Å². The van der Waals surface area contributed by atoms with Gasteiger partial charge in [-0.15, -0.1) is 0 Å². The molecule has 0 aliphatic rings. The molecule has 0 aliphatic heterocycles. The Balaban J connectivity index is 2.19. The van der Waals surface area contributed by atoms with Crippen LogP contribution in [0.5, 0.6) is 5.75 Å². The lowest BCUT2D eigenvalue weighted by atomic mass is 9.96. The van der Waals surface area contributed by atoms with Crippen LogP contribution in [-0.4, -0.2) is 6.61 Å². The second-order valence-electron chi connectivity index (χ2n) is 5.62. The zero-order valence-electron chi connectivity index (χ0n) is 13.7. The van der Waals surface area contributed by atoms with E-state index in [1.807, 2.05) is 19.1 Å². The Labute approximate surface area is 128 Å². The lowest BCUT2D eigenvalue weighted by Gasteiger charge is -2.20. The van der Waals surface area contributed by atoms with Gasteiger partial charge in [-0.25, -0.2) is 0 Å². The summed E-state index contributed by atoms with van der Waals surface area (Å²) in [5.41, 5.74) is 6.46. The van der Waals surface area contributed by atoms with Gasteiger partial charge in [0.15, 0.2) is 0 Å². The van der Waals surface area contributed by atoms with Gasteiger partial charge in [-0.1, -0.05) is 18.2 Å². The molecule has 1 N–H and O–H groups in total. The summed E-state index contributed by atoms with van der Waals surface area (Å²) >= 11 is 0. The molecule has 2 heteroatoms. The molecule has 1 unspecified atom stereocenters. The molecule has 0 aromatic heterocycles. The van der Waals surface area contributed by atoms with Crippen molar-refractivity contribution >= 4 is 5.69 Å². The van der Waals surface area contributed by atoms with Gasteiger partial charge in [-0.3, -0.25) is 0 Å². The minimum atomic E-state index is 0.265. The summed E-state index contributed by atoms with van der Waals surface area (Å²) in [6, 6.07) is 13.0. The van der Waals surface area contributed by atoms with Crippen molar-refractivity contribution in [1.82, 2.24) is 0 Å². The molecule has 0 amide bonds. The molecule has 0 bridgehead atoms. The molecule has 2 aromatic rings. The topological polar surface area (TPSA) is 21.3 Å². The number of rotatable bonds is 5. The monoisotopic (exact) mass is 283 g/mol. The van der Waals surface area contributed by atoms with E-state index >= 15 is 0 Å². The molecular weight excluding hydrogens is 258 g/mol. The molecular formula is C19H25NO. The number of nitrogens with one attached hydrogen (secondary N) is 1. The summed E-state index contributed by atoms with van der Waals surface area (Å²) in [6.07, 6.45) is 0. The smallest absolute Gasteiger partial charge is 0.121 e. The minimum absolute atomic E-state index is 0.265.